The van der Waals surface area contributed by atoms with Crippen LogP contribution in [-0.4, -0.2) is 11.5 Å². The number of hydrogen-bond acceptors (Lipinski definition) is 3. The van der Waals surface area contributed by atoms with E-state index in [9.17, 15) is 0 Å². The second kappa shape index (κ2) is 5.55. The van der Waals surface area contributed by atoms with Crippen LogP contribution in [0, 0.1) is 0 Å². The predicted octanol–water partition coefficient (Wildman–Crippen LogP) is 3.66. The lowest BCUT2D eigenvalue weighted by Crippen LogP contribution is -2.14. The quantitative estimate of drug-likeness (QED) is 0.907. The first-order chi connectivity index (χ1) is 8.93. The van der Waals surface area contributed by atoms with Gasteiger partial charge in [-0.05, 0) is 37.6 Å². The van der Waals surface area contributed by atoms with Crippen LogP contribution in [0.15, 0.2) is 58.6 Å². The zero-order chi connectivity index (χ0) is 12.2. The van der Waals surface area contributed by atoms with Crippen LogP contribution in [0.1, 0.15) is 24.4 Å². The number of pyridine rings is 1. The van der Waals surface area contributed by atoms with E-state index in [0.717, 1.165) is 11.6 Å². The zero-order valence-corrected chi connectivity index (χ0v) is 11.0. The van der Waals surface area contributed by atoms with Gasteiger partial charge in [0.15, 0.2) is 0 Å². The lowest BCUT2D eigenvalue weighted by Gasteiger charge is -2.14. The molecule has 1 aliphatic heterocycles. The van der Waals surface area contributed by atoms with Crippen LogP contribution < -0.4 is 5.32 Å². The summed E-state index contributed by atoms with van der Waals surface area (Å²) in [5.74, 6) is 0. The van der Waals surface area contributed by atoms with Gasteiger partial charge in [-0.1, -0.05) is 36.0 Å². The monoisotopic (exact) mass is 256 g/mol. The Bertz CT molecular complexity index is 507. The van der Waals surface area contributed by atoms with Crippen molar-refractivity contribution in [3.8, 4) is 0 Å². The third-order valence-corrected chi connectivity index (χ3v) is 4.24. The van der Waals surface area contributed by atoms with Gasteiger partial charge >= 0.3 is 0 Å². The third kappa shape index (κ3) is 2.57. The first kappa shape index (κ1) is 11.8. The Morgan fingerprint density at radius 2 is 2.00 bits per heavy atom. The van der Waals surface area contributed by atoms with E-state index in [2.05, 4.69) is 40.6 Å². The van der Waals surface area contributed by atoms with Crippen LogP contribution in [0.3, 0.4) is 0 Å². The van der Waals surface area contributed by atoms with Crippen LogP contribution in [-0.2, 0) is 0 Å². The van der Waals surface area contributed by atoms with Crippen LogP contribution in [0.25, 0.3) is 0 Å². The smallest absolute Gasteiger partial charge is 0.105 e. The Morgan fingerprint density at radius 3 is 2.78 bits per heavy atom. The van der Waals surface area contributed by atoms with Crippen molar-refractivity contribution in [2.45, 2.75) is 28.8 Å². The number of aromatic nitrogens is 1. The molecule has 0 unspecified atom stereocenters. The van der Waals surface area contributed by atoms with Gasteiger partial charge in [0, 0.05) is 22.7 Å². The van der Waals surface area contributed by atoms with E-state index in [4.69, 9.17) is 0 Å². The highest BCUT2D eigenvalue weighted by Crippen LogP contribution is 2.34. The summed E-state index contributed by atoms with van der Waals surface area (Å²) in [5.41, 5.74) is 1.34. The van der Waals surface area contributed by atoms with Crippen molar-refractivity contribution in [2.75, 3.05) is 6.54 Å². The zero-order valence-electron chi connectivity index (χ0n) is 10.2. The van der Waals surface area contributed by atoms with Gasteiger partial charge < -0.3 is 5.32 Å². The molecule has 2 nitrogen and oxygen atoms in total. The molecule has 1 aliphatic rings. The van der Waals surface area contributed by atoms with Crippen LogP contribution in [0.4, 0.5) is 0 Å². The van der Waals surface area contributed by atoms with E-state index < -0.39 is 0 Å². The maximum Gasteiger partial charge on any atom is 0.105 e. The number of hydrogen-bond donors (Lipinski definition) is 1. The Labute approximate surface area is 112 Å². The molecule has 0 amide bonds. The lowest BCUT2D eigenvalue weighted by atomic mass is 10.1. The molecule has 0 bridgehead atoms. The summed E-state index contributed by atoms with van der Waals surface area (Å²) in [7, 11) is 0. The maximum atomic E-state index is 4.54. The number of benzene rings is 1. The van der Waals surface area contributed by atoms with Crippen LogP contribution in [0.2, 0.25) is 0 Å². The van der Waals surface area contributed by atoms with Gasteiger partial charge in [0.05, 0.1) is 0 Å². The molecule has 1 atom stereocenters. The molecular weight excluding hydrogens is 240 g/mol. The van der Waals surface area contributed by atoms with Crippen molar-refractivity contribution in [1.29, 1.82) is 0 Å². The second-order valence-electron chi connectivity index (χ2n) is 4.46. The maximum absolute atomic E-state index is 4.54. The molecule has 2 heterocycles. The van der Waals surface area contributed by atoms with Crippen molar-refractivity contribution in [3.63, 3.8) is 0 Å². The minimum absolute atomic E-state index is 0.477. The number of rotatable bonds is 3. The average molecular weight is 256 g/mol. The highest BCUT2D eigenvalue weighted by molar-refractivity contribution is 7.99. The molecule has 0 radical (unpaired) electrons. The molecule has 0 saturated carbocycles. The molecule has 2 aromatic rings. The fraction of sp³-hybridized carbons (Fsp3) is 0.267. The minimum Gasteiger partial charge on any atom is -0.310 e. The SMILES string of the molecule is c1ccc(Sc2ncccc2[C@@H]2CCCN2)cc1. The highest BCUT2D eigenvalue weighted by Gasteiger charge is 2.19. The second-order valence-corrected chi connectivity index (χ2v) is 5.52. The van der Waals surface area contributed by atoms with E-state index in [1.807, 2.05) is 18.3 Å². The minimum atomic E-state index is 0.477. The van der Waals surface area contributed by atoms with Crippen molar-refractivity contribution in [2.24, 2.45) is 0 Å². The Morgan fingerprint density at radius 1 is 1.11 bits per heavy atom. The summed E-state index contributed by atoms with van der Waals surface area (Å²) in [6.45, 7) is 1.12. The van der Waals surface area contributed by atoms with Crippen LogP contribution in [0.5, 0.6) is 0 Å². The fourth-order valence-electron chi connectivity index (χ4n) is 2.30. The van der Waals surface area contributed by atoms with E-state index in [-0.39, 0.29) is 0 Å². The van der Waals surface area contributed by atoms with Crippen molar-refractivity contribution >= 4 is 11.8 Å². The first-order valence-corrected chi connectivity index (χ1v) is 7.16. The molecule has 1 N–H and O–H groups in total. The van der Waals surface area contributed by atoms with Crippen LogP contribution >= 0.6 is 11.8 Å². The summed E-state index contributed by atoms with van der Waals surface area (Å²) in [6.07, 6.45) is 4.35. The van der Waals surface area contributed by atoms with E-state index >= 15 is 0 Å². The highest BCUT2D eigenvalue weighted by atomic mass is 32.2. The number of nitrogens with one attached hydrogen (secondary N) is 1. The van der Waals surface area contributed by atoms with E-state index in [1.54, 1.807) is 11.8 Å². The Hall–Kier alpha value is -1.32. The van der Waals surface area contributed by atoms with Gasteiger partial charge in [0.25, 0.3) is 0 Å². The number of nitrogens with zero attached hydrogens (tertiary/aromatic N) is 1. The van der Waals surface area contributed by atoms with E-state index in [1.165, 1.54) is 23.3 Å². The average Bonchev–Trinajstić information content (AvgIpc) is 2.94. The summed E-state index contributed by atoms with van der Waals surface area (Å²) < 4.78 is 0. The molecule has 0 spiro atoms. The molecule has 18 heavy (non-hydrogen) atoms. The summed E-state index contributed by atoms with van der Waals surface area (Å²) in [6, 6.07) is 15.1. The summed E-state index contributed by atoms with van der Waals surface area (Å²) in [5, 5.41) is 4.67. The van der Waals surface area contributed by atoms with Gasteiger partial charge in [0.2, 0.25) is 0 Å². The standard InChI is InChI=1S/C15H16N2S/c1-2-6-12(7-3-1)18-15-13(8-4-11-17-15)14-9-5-10-16-14/h1-4,6-8,11,14,16H,5,9-10H2/t14-/m0/s1. The molecular formula is C15H16N2S. The van der Waals surface area contributed by atoms with Gasteiger partial charge in [-0.3, -0.25) is 0 Å². The third-order valence-electron chi connectivity index (χ3n) is 3.19. The normalized spacial score (nSPS) is 19.0. The molecule has 1 aromatic carbocycles. The molecule has 3 heteroatoms. The molecule has 92 valence electrons. The Kier molecular flexibility index (Phi) is 3.62. The van der Waals surface area contributed by atoms with Gasteiger partial charge in [-0.2, -0.15) is 0 Å². The van der Waals surface area contributed by atoms with Crippen molar-refractivity contribution < 1.29 is 0 Å². The predicted molar refractivity (Wildman–Crippen MR) is 74.8 cm³/mol. The van der Waals surface area contributed by atoms with Crippen molar-refractivity contribution in [3.05, 3.63) is 54.2 Å². The molecule has 0 aliphatic carbocycles. The summed E-state index contributed by atoms with van der Waals surface area (Å²) >= 11 is 1.75. The molecule has 1 aromatic heterocycles. The molecule has 3 rings (SSSR count). The van der Waals surface area contributed by atoms with E-state index in [0.29, 0.717) is 6.04 Å². The fourth-order valence-corrected chi connectivity index (χ4v) is 3.26. The Balaban J connectivity index is 1.87. The largest absolute Gasteiger partial charge is 0.310 e. The first-order valence-electron chi connectivity index (χ1n) is 6.35. The van der Waals surface area contributed by atoms with Gasteiger partial charge in [-0.25, -0.2) is 4.98 Å². The summed E-state index contributed by atoms with van der Waals surface area (Å²) in [4.78, 5) is 5.79. The van der Waals surface area contributed by atoms with Crippen molar-refractivity contribution in [1.82, 2.24) is 10.3 Å². The topological polar surface area (TPSA) is 24.9 Å². The molecule has 1 fully saturated rings. The lowest BCUT2D eigenvalue weighted by molar-refractivity contribution is 0.629. The molecule has 1 saturated heterocycles. The van der Waals surface area contributed by atoms with Gasteiger partial charge in [0.1, 0.15) is 5.03 Å². The van der Waals surface area contributed by atoms with Gasteiger partial charge in [-0.15, -0.1) is 0 Å².